The van der Waals surface area contributed by atoms with Crippen LogP contribution in [-0.2, 0) is 0 Å². The third-order valence-corrected chi connectivity index (χ3v) is 5.82. The number of aliphatic hydroxyl groups is 2. The fourth-order valence-electron chi connectivity index (χ4n) is 3.98. The van der Waals surface area contributed by atoms with Crippen molar-refractivity contribution in [1.82, 2.24) is 14.9 Å². The van der Waals surface area contributed by atoms with Crippen molar-refractivity contribution in [3.8, 4) is 5.69 Å². The Kier molecular flexibility index (Phi) is 7.01. The number of β-amino-alcohol motifs (C(OH)–C–C–N with tert-alkyl or cyclic N) is 2. The summed E-state index contributed by atoms with van der Waals surface area (Å²) in [4.78, 5) is 30.8. The van der Waals surface area contributed by atoms with E-state index in [0.717, 1.165) is 12.1 Å². The molecule has 0 radical (unpaired) electrons. The molecule has 2 aromatic heterocycles. The first kappa shape index (κ1) is 28.2. The minimum Gasteiger partial charge on any atom is -0.389 e. The van der Waals surface area contributed by atoms with Crippen molar-refractivity contribution in [3.63, 3.8) is 0 Å². The zero-order chi connectivity index (χ0) is 29.0. The number of alkyl halides is 6. The number of aromatic nitrogens is 2. The van der Waals surface area contributed by atoms with E-state index in [4.69, 9.17) is 0 Å². The van der Waals surface area contributed by atoms with E-state index in [0.29, 0.717) is 9.88 Å². The van der Waals surface area contributed by atoms with Crippen LogP contribution in [0.4, 0.5) is 45.3 Å². The molecule has 3 heterocycles. The SMILES string of the molecule is O=C(NC(C(F)(F)F)C(F)(F)F)c1cn(-c2c(F)cc(F)cc2F)c2nc(N3CC(O)[C@H](O)C3)ccc2c1=O. The van der Waals surface area contributed by atoms with Crippen molar-refractivity contribution in [2.75, 3.05) is 18.0 Å². The fourth-order valence-corrected chi connectivity index (χ4v) is 3.98. The Morgan fingerprint density at radius 2 is 1.51 bits per heavy atom. The number of hydrogen-bond donors (Lipinski definition) is 3. The molecule has 210 valence electrons. The first-order valence-electron chi connectivity index (χ1n) is 10.8. The average molecular weight is 570 g/mol. The van der Waals surface area contributed by atoms with Crippen molar-refractivity contribution in [3.05, 3.63) is 63.7 Å². The number of nitrogens with one attached hydrogen (secondary N) is 1. The zero-order valence-corrected chi connectivity index (χ0v) is 19.0. The molecular weight excluding hydrogens is 555 g/mol. The highest BCUT2D eigenvalue weighted by Gasteiger charge is 2.57. The monoisotopic (exact) mass is 570 g/mol. The normalized spacial score (nSPS) is 18.3. The van der Waals surface area contributed by atoms with E-state index in [-0.39, 0.29) is 37.2 Å². The molecule has 39 heavy (non-hydrogen) atoms. The van der Waals surface area contributed by atoms with Gasteiger partial charge in [0.1, 0.15) is 22.9 Å². The summed E-state index contributed by atoms with van der Waals surface area (Å²) in [6.07, 6.45) is -14.2. The van der Waals surface area contributed by atoms with Crippen LogP contribution in [0, 0.1) is 17.5 Å². The standard InChI is InChI=1S/C22H15F9N4O4/c23-8-3-11(24)16(12(25)4-8)35-5-10(19(39)33-20(21(26,27)28)22(29,30)31)17(38)9-1-2-15(32-18(9)35)34-6-13(36)14(37)7-34/h1-5,13-14,20,36-37H,6-7H2,(H,33,39)/t13-,14?/m1/s1. The van der Waals surface area contributed by atoms with E-state index in [1.807, 2.05) is 0 Å². The summed E-state index contributed by atoms with van der Waals surface area (Å²) in [6, 6.07) is -1.96. The molecule has 0 aliphatic carbocycles. The summed E-state index contributed by atoms with van der Waals surface area (Å²) in [6.45, 7) is -0.333. The lowest BCUT2D eigenvalue weighted by Gasteiger charge is -2.24. The van der Waals surface area contributed by atoms with Gasteiger partial charge in [0.05, 0.1) is 17.6 Å². The van der Waals surface area contributed by atoms with Crippen molar-refractivity contribution >= 4 is 22.8 Å². The number of rotatable bonds is 4. The Bertz CT molecular complexity index is 1460. The van der Waals surface area contributed by atoms with Crippen LogP contribution in [-0.4, -0.2) is 69.4 Å². The number of aliphatic hydroxyl groups excluding tert-OH is 2. The van der Waals surface area contributed by atoms with E-state index in [1.165, 1.54) is 4.90 Å². The molecule has 1 fully saturated rings. The highest BCUT2D eigenvalue weighted by atomic mass is 19.4. The van der Waals surface area contributed by atoms with Crippen LogP contribution in [0.1, 0.15) is 10.4 Å². The second kappa shape index (κ2) is 9.71. The molecule has 4 rings (SSSR count). The predicted molar refractivity (Wildman–Crippen MR) is 115 cm³/mol. The first-order chi connectivity index (χ1) is 18.0. The molecule has 2 atom stereocenters. The number of carbonyl (C=O) groups excluding carboxylic acids is 1. The van der Waals surface area contributed by atoms with Crippen molar-refractivity contribution in [2.24, 2.45) is 0 Å². The summed E-state index contributed by atoms with van der Waals surface area (Å²) >= 11 is 0. The van der Waals surface area contributed by atoms with Gasteiger partial charge in [0.25, 0.3) is 5.91 Å². The van der Waals surface area contributed by atoms with E-state index >= 15 is 0 Å². The maximum absolute atomic E-state index is 14.7. The number of nitrogens with zero attached hydrogens (tertiary/aromatic N) is 3. The molecule has 1 aliphatic heterocycles. The van der Waals surface area contributed by atoms with E-state index < -0.39 is 81.7 Å². The fraction of sp³-hybridized carbons (Fsp3) is 0.318. The summed E-state index contributed by atoms with van der Waals surface area (Å²) in [5, 5.41) is 19.6. The number of amides is 1. The molecule has 3 N–H and O–H groups in total. The number of carbonyl (C=O) groups is 1. The highest BCUT2D eigenvalue weighted by molar-refractivity contribution is 5.97. The number of anilines is 1. The molecule has 1 saturated heterocycles. The predicted octanol–water partition coefficient (Wildman–Crippen LogP) is 2.57. The lowest BCUT2D eigenvalue weighted by Crippen LogP contribution is -2.55. The van der Waals surface area contributed by atoms with Crippen LogP contribution in [0.25, 0.3) is 16.7 Å². The quantitative estimate of drug-likeness (QED) is 0.417. The van der Waals surface area contributed by atoms with Gasteiger partial charge in [0.2, 0.25) is 11.5 Å². The van der Waals surface area contributed by atoms with Gasteiger partial charge in [-0.05, 0) is 12.1 Å². The Morgan fingerprint density at radius 1 is 0.974 bits per heavy atom. The number of halogens is 9. The maximum Gasteiger partial charge on any atom is 0.417 e. The van der Waals surface area contributed by atoms with Gasteiger partial charge in [0.15, 0.2) is 17.3 Å². The molecule has 0 saturated carbocycles. The molecule has 1 aromatic carbocycles. The molecule has 1 aliphatic rings. The second-order valence-electron chi connectivity index (χ2n) is 8.53. The Morgan fingerprint density at radius 3 is 2.03 bits per heavy atom. The molecule has 0 spiro atoms. The van der Waals surface area contributed by atoms with Gasteiger partial charge in [-0.2, -0.15) is 26.3 Å². The average Bonchev–Trinajstić information content (AvgIpc) is 3.14. The van der Waals surface area contributed by atoms with Crippen LogP contribution in [0.5, 0.6) is 0 Å². The Hall–Kier alpha value is -3.86. The topological polar surface area (TPSA) is 108 Å². The van der Waals surface area contributed by atoms with Crippen LogP contribution < -0.4 is 15.6 Å². The molecular formula is C22H15F9N4O4. The Labute approximate surface area is 210 Å². The minimum absolute atomic E-state index is 0.0689. The molecule has 1 unspecified atom stereocenters. The highest BCUT2D eigenvalue weighted by Crippen LogP contribution is 2.33. The van der Waals surface area contributed by atoms with Gasteiger partial charge in [-0.15, -0.1) is 0 Å². The number of benzene rings is 1. The summed E-state index contributed by atoms with van der Waals surface area (Å²) < 4.78 is 121. The summed E-state index contributed by atoms with van der Waals surface area (Å²) in [5.41, 5.74) is -4.60. The van der Waals surface area contributed by atoms with Crippen LogP contribution >= 0.6 is 0 Å². The molecule has 8 nitrogen and oxygen atoms in total. The minimum atomic E-state index is -6.01. The smallest absolute Gasteiger partial charge is 0.389 e. The van der Waals surface area contributed by atoms with Crippen LogP contribution in [0.15, 0.2) is 35.3 Å². The van der Waals surface area contributed by atoms with E-state index in [1.54, 1.807) is 0 Å². The largest absolute Gasteiger partial charge is 0.417 e. The number of hydrogen-bond acceptors (Lipinski definition) is 6. The van der Waals surface area contributed by atoms with Gasteiger partial charge in [-0.3, -0.25) is 14.2 Å². The lowest BCUT2D eigenvalue weighted by atomic mass is 10.1. The second-order valence-corrected chi connectivity index (χ2v) is 8.53. The van der Waals surface area contributed by atoms with Gasteiger partial charge >= 0.3 is 12.4 Å². The van der Waals surface area contributed by atoms with Crippen molar-refractivity contribution in [1.29, 1.82) is 0 Å². The number of fused-ring (bicyclic) bond motifs is 1. The van der Waals surface area contributed by atoms with Crippen LogP contribution in [0.2, 0.25) is 0 Å². The number of pyridine rings is 2. The molecule has 3 aromatic rings. The van der Waals surface area contributed by atoms with Gasteiger partial charge in [-0.1, -0.05) is 0 Å². The van der Waals surface area contributed by atoms with Crippen molar-refractivity contribution < 1.29 is 54.5 Å². The van der Waals surface area contributed by atoms with Crippen molar-refractivity contribution in [2.45, 2.75) is 30.6 Å². The first-order valence-corrected chi connectivity index (χ1v) is 10.8. The third kappa shape index (κ3) is 5.36. The summed E-state index contributed by atoms with van der Waals surface area (Å²) in [7, 11) is 0. The Balaban J connectivity index is 1.95. The zero-order valence-electron chi connectivity index (χ0n) is 19.0. The maximum atomic E-state index is 14.7. The summed E-state index contributed by atoms with van der Waals surface area (Å²) in [5.74, 6) is -6.87. The third-order valence-electron chi connectivity index (χ3n) is 5.82. The van der Waals surface area contributed by atoms with Gasteiger partial charge < -0.3 is 20.4 Å². The van der Waals surface area contributed by atoms with E-state index in [9.17, 15) is 59.3 Å². The molecule has 1 amide bonds. The molecule has 0 bridgehead atoms. The van der Waals surface area contributed by atoms with Gasteiger partial charge in [-0.25, -0.2) is 18.2 Å². The lowest BCUT2D eigenvalue weighted by molar-refractivity contribution is -0.255. The van der Waals surface area contributed by atoms with E-state index in [2.05, 4.69) is 4.98 Å². The van der Waals surface area contributed by atoms with Crippen LogP contribution in [0.3, 0.4) is 0 Å². The van der Waals surface area contributed by atoms with Gasteiger partial charge in [0, 0.05) is 31.4 Å². The molecule has 17 heteroatoms.